The number of nitrogens with one attached hydrogen (secondary N) is 2. The summed E-state index contributed by atoms with van der Waals surface area (Å²) in [6.07, 6.45) is -0.852. The zero-order valence-corrected chi connectivity index (χ0v) is 15.3. The van der Waals surface area contributed by atoms with Gasteiger partial charge in [-0.2, -0.15) is 0 Å². The van der Waals surface area contributed by atoms with Crippen molar-refractivity contribution in [1.82, 2.24) is 5.32 Å². The lowest BCUT2D eigenvalue weighted by atomic mass is 10.1. The Morgan fingerprint density at radius 1 is 1.32 bits per heavy atom. The van der Waals surface area contributed by atoms with Crippen molar-refractivity contribution in [2.24, 2.45) is 0 Å². The molecule has 0 aliphatic heterocycles. The standard InChI is InChI=1S/C17H18ClN3O3S/c1-10-7-11(2)16(14(18)8-10)20-17(25)19-9-15(22)12-3-5-13(6-4-12)21(23)24/h3-8,15,22H,9H2,1-2H3,(H2,19,20,25). The average molecular weight is 380 g/mol. The number of nitro benzene ring substituents is 1. The van der Waals surface area contributed by atoms with Crippen LogP contribution in [-0.2, 0) is 0 Å². The molecule has 0 amide bonds. The summed E-state index contributed by atoms with van der Waals surface area (Å²) in [4.78, 5) is 10.2. The van der Waals surface area contributed by atoms with Crippen molar-refractivity contribution in [3.63, 3.8) is 0 Å². The van der Waals surface area contributed by atoms with Crippen molar-refractivity contribution in [3.8, 4) is 0 Å². The van der Waals surface area contributed by atoms with Crippen LogP contribution < -0.4 is 10.6 Å². The first-order chi connectivity index (χ1) is 11.8. The summed E-state index contributed by atoms with van der Waals surface area (Å²) in [6, 6.07) is 9.56. The molecule has 0 spiro atoms. The molecule has 2 aromatic carbocycles. The molecule has 0 heterocycles. The fourth-order valence-electron chi connectivity index (χ4n) is 2.36. The molecule has 25 heavy (non-hydrogen) atoms. The third-order valence-electron chi connectivity index (χ3n) is 3.61. The molecule has 0 saturated heterocycles. The van der Waals surface area contributed by atoms with Gasteiger partial charge in [0.25, 0.3) is 5.69 Å². The maximum absolute atomic E-state index is 10.6. The lowest BCUT2D eigenvalue weighted by Gasteiger charge is -2.17. The molecule has 0 aromatic heterocycles. The van der Waals surface area contributed by atoms with Gasteiger partial charge in [-0.3, -0.25) is 10.1 Å². The molecule has 1 unspecified atom stereocenters. The number of rotatable bonds is 5. The molecule has 0 radical (unpaired) electrons. The molecule has 0 aliphatic carbocycles. The summed E-state index contributed by atoms with van der Waals surface area (Å²) in [6.45, 7) is 4.04. The van der Waals surface area contributed by atoms with E-state index in [9.17, 15) is 15.2 Å². The van der Waals surface area contributed by atoms with Gasteiger partial charge in [-0.05, 0) is 61.0 Å². The Bertz CT molecular complexity index is 773. The highest BCUT2D eigenvalue weighted by atomic mass is 35.5. The van der Waals surface area contributed by atoms with Crippen LogP contribution in [0.2, 0.25) is 5.02 Å². The fraction of sp³-hybridized carbons (Fsp3) is 0.235. The van der Waals surface area contributed by atoms with Gasteiger partial charge in [0.2, 0.25) is 0 Å². The molecule has 2 rings (SSSR count). The molecule has 0 fully saturated rings. The van der Waals surface area contributed by atoms with Gasteiger partial charge in [-0.15, -0.1) is 0 Å². The largest absolute Gasteiger partial charge is 0.387 e. The number of non-ortho nitro benzene ring substituents is 1. The molecule has 0 aliphatic rings. The molecule has 8 heteroatoms. The molecule has 0 bridgehead atoms. The van der Waals surface area contributed by atoms with Crippen LogP contribution in [0.25, 0.3) is 0 Å². The van der Waals surface area contributed by atoms with E-state index in [1.165, 1.54) is 24.3 Å². The first-order valence-electron chi connectivity index (χ1n) is 7.52. The van der Waals surface area contributed by atoms with Crippen LogP contribution in [0.5, 0.6) is 0 Å². The predicted octanol–water partition coefficient (Wildman–Crippen LogP) is 3.89. The molecule has 0 saturated carbocycles. The minimum atomic E-state index is -0.852. The van der Waals surface area contributed by atoms with Gasteiger partial charge in [-0.25, -0.2) is 0 Å². The van der Waals surface area contributed by atoms with Crippen molar-refractivity contribution >= 4 is 40.3 Å². The Balaban J connectivity index is 1.94. The van der Waals surface area contributed by atoms with Gasteiger partial charge in [0.1, 0.15) is 0 Å². The van der Waals surface area contributed by atoms with Gasteiger partial charge < -0.3 is 15.7 Å². The van der Waals surface area contributed by atoms with E-state index in [0.29, 0.717) is 15.7 Å². The van der Waals surface area contributed by atoms with Crippen LogP contribution in [0.3, 0.4) is 0 Å². The summed E-state index contributed by atoms with van der Waals surface area (Å²) < 4.78 is 0. The first-order valence-corrected chi connectivity index (χ1v) is 8.30. The number of aliphatic hydroxyl groups is 1. The Morgan fingerprint density at radius 3 is 2.52 bits per heavy atom. The summed E-state index contributed by atoms with van der Waals surface area (Å²) in [5.41, 5.74) is 3.27. The molecular weight excluding hydrogens is 362 g/mol. The Morgan fingerprint density at radius 2 is 1.96 bits per heavy atom. The summed E-state index contributed by atoms with van der Waals surface area (Å²) in [5.74, 6) is 0. The number of halogens is 1. The summed E-state index contributed by atoms with van der Waals surface area (Å²) in [7, 11) is 0. The number of benzene rings is 2. The molecule has 2 aromatic rings. The number of thiocarbonyl (C=S) groups is 1. The zero-order valence-electron chi connectivity index (χ0n) is 13.7. The van der Waals surface area contributed by atoms with Crippen LogP contribution in [0, 0.1) is 24.0 Å². The Labute approximate surface area is 156 Å². The Hall–Kier alpha value is -2.22. The molecule has 6 nitrogen and oxygen atoms in total. The second-order valence-electron chi connectivity index (χ2n) is 5.64. The van der Waals surface area contributed by atoms with Gasteiger partial charge in [0, 0.05) is 18.7 Å². The quantitative estimate of drug-likeness (QED) is 0.415. The zero-order chi connectivity index (χ0) is 18.6. The van der Waals surface area contributed by atoms with E-state index < -0.39 is 11.0 Å². The van der Waals surface area contributed by atoms with Crippen LogP contribution in [0.4, 0.5) is 11.4 Å². The first kappa shape index (κ1) is 19.1. The fourth-order valence-corrected chi connectivity index (χ4v) is 2.91. The van der Waals surface area contributed by atoms with E-state index in [2.05, 4.69) is 10.6 Å². The number of aliphatic hydroxyl groups excluding tert-OH is 1. The van der Waals surface area contributed by atoms with Gasteiger partial charge in [0.05, 0.1) is 21.7 Å². The monoisotopic (exact) mass is 379 g/mol. The SMILES string of the molecule is Cc1cc(C)c(NC(=S)NCC(O)c2ccc([N+](=O)[O-])cc2)c(Cl)c1. The lowest BCUT2D eigenvalue weighted by Crippen LogP contribution is -2.32. The maximum Gasteiger partial charge on any atom is 0.269 e. The van der Waals surface area contributed by atoms with E-state index in [4.69, 9.17) is 23.8 Å². The van der Waals surface area contributed by atoms with Crippen molar-refractivity contribution in [2.45, 2.75) is 20.0 Å². The van der Waals surface area contributed by atoms with Crippen LogP contribution >= 0.6 is 23.8 Å². The predicted molar refractivity (Wildman–Crippen MR) is 103 cm³/mol. The Kier molecular flexibility index (Phi) is 6.30. The highest BCUT2D eigenvalue weighted by Gasteiger charge is 2.12. The topological polar surface area (TPSA) is 87.4 Å². The minimum absolute atomic E-state index is 0.0226. The van der Waals surface area contributed by atoms with E-state index in [-0.39, 0.29) is 12.2 Å². The maximum atomic E-state index is 10.6. The van der Waals surface area contributed by atoms with Gasteiger partial charge in [0.15, 0.2) is 5.11 Å². The lowest BCUT2D eigenvalue weighted by molar-refractivity contribution is -0.384. The number of aryl methyl sites for hydroxylation is 2. The average Bonchev–Trinajstić information content (AvgIpc) is 2.56. The second kappa shape index (κ2) is 8.24. The molecule has 132 valence electrons. The van der Waals surface area contributed by atoms with Crippen molar-refractivity contribution < 1.29 is 10.0 Å². The number of hydrogen-bond donors (Lipinski definition) is 3. The van der Waals surface area contributed by atoms with E-state index in [0.717, 1.165) is 16.8 Å². The van der Waals surface area contributed by atoms with Gasteiger partial charge in [-0.1, -0.05) is 17.7 Å². The number of hydrogen-bond acceptors (Lipinski definition) is 4. The van der Waals surface area contributed by atoms with Crippen molar-refractivity contribution in [3.05, 3.63) is 68.2 Å². The second-order valence-corrected chi connectivity index (χ2v) is 6.45. The molecule has 3 N–H and O–H groups in total. The third kappa shape index (κ3) is 5.12. The smallest absolute Gasteiger partial charge is 0.269 e. The van der Waals surface area contributed by atoms with Crippen LogP contribution in [-0.4, -0.2) is 21.7 Å². The van der Waals surface area contributed by atoms with Crippen LogP contribution in [0.15, 0.2) is 36.4 Å². The number of anilines is 1. The highest BCUT2D eigenvalue weighted by Crippen LogP contribution is 2.27. The van der Waals surface area contributed by atoms with Crippen molar-refractivity contribution in [2.75, 3.05) is 11.9 Å². The number of nitro groups is 1. The molecular formula is C17H18ClN3O3S. The van der Waals surface area contributed by atoms with Crippen molar-refractivity contribution in [1.29, 1.82) is 0 Å². The van der Waals surface area contributed by atoms with E-state index in [1.54, 1.807) is 0 Å². The minimum Gasteiger partial charge on any atom is -0.387 e. The highest BCUT2D eigenvalue weighted by molar-refractivity contribution is 7.80. The van der Waals surface area contributed by atoms with Gasteiger partial charge >= 0.3 is 0 Å². The number of nitrogens with zero attached hydrogens (tertiary/aromatic N) is 1. The summed E-state index contributed by atoms with van der Waals surface area (Å²) in [5, 5.41) is 27.6. The van der Waals surface area contributed by atoms with Crippen LogP contribution in [0.1, 0.15) is 22.8 Å². The van der Waals surface area contributed by atoms with E-state index in [1.807, 2.05) is 26.0 Å². The third-order valence-corrected chi connectivity index (χ3v) is 4.16. The summed E-state index contributed by atoms with van der Waals surface area (Å²) >= 11 is 11.5. The normalized spacial score (nSPS) is 11.7. The van der Waals surface area contributed by atoms with E-state index >= 15 is 0 Å². The molecule has 1 atom stereocenters.